The van der Waals surface area contributed by atoms with Crippen molar-refractivity contribution in [3.63, 3.8) is 0 Å². The molecule has 0 aliphatic heterocycles. The van der Waals surface area contributed by atoms with Crippen molar-refractivity contribution in [2.24, 2.45) is 0 Å². The van der Waals surface area contributed by atoms with Gasteiger partial charge in [-0.3, -0.25) is 9.48 Å². The predicted molar refractivity (Wildman–Crippen MR) is 84.7 cm³/mol. The first-order valence-corrected chi connectivity index (χ1v) is 7.61. The maximum absolute atomic E-state index is 13.2. The van der Waals surface area contributed by atoms with E-state index in [1.165, 1.54) is 11.6 Å². The lowest BCUT2D eigenvalue weighted by atomic mass is 10.1. The van der Waals surface area contributed by atoms with Crippen LogP contribution in [0.5, 0.6) is 0 Å². The van der Waals surface area contributed by atoms with Crippen LogP contribution in [-0.2, 0) is 12.7 Å². The van der Waals surface area contributed by atoms with E-state index < -0.39 is 23.3 Å². The Hall–Kier alpha value is -2.31. The van der Waals surface area contributed by atoms with Gasteiger partial charge in [0, 0.05) is 18.3 Å². The minimum Gasteiger partial charge on any atom is -0.348 e. The molecule has 0 aliphatic rings. The van der Waals surface area contributed by atoms with Crippen LogP contribution in [0.15, 0.2) is 24.3 Å². The second-order valence-corrected chi connectivity index (χ2v) is 6.01. The first-order chi connectivity index (χ1) is 11.1. The maximum Gasteiger partial charge on any atom is 0.435 e. The summed E-state index contributed by atoms with van der Waals surface area (Å²) < 4.78 is 40.9. The molecule has 4 nitrogen and oxygen atoms in total. The van der Waals surface area contributed by atoms with Crippen molar-refractivity contribution in [3.8, 4) is 0 Å². The summed E-state index contributed by atoms with van der Waals surface area (Å²) in [6, 6.07) is 7.13. The van der Waals surface area contributed by atoms with E-state index in [1.807, 2.05) is 31.2 Å². The quantitative estimate of drug-likeness (QED) is 0.914. The fourth-order valence-electron chi connectivity index (χ4n) is 2.47. The molecule has 1 heterocycles. The van der Waals surface area contributed by atoms with Crippen LogP contribution in [-0.4, -0.2) is 15.7 Å². The van der Waals surface area contributed by atoms with Crippen LogP contribution >= 0.6 is 0 Å². The Morgan fingerprint density at radius 3 is 2.29 bits per heavy atom. The molecule has 1 N–H and O–H groups in total. The summed E-state index contributed by atoms with van der Waals surface area (Å²) in [5, 5.41) is 6.15. The number of carbonyl (C=O) groups is 1. The third-order valence-electron chi connectivity index (χ3n) is 3.71. The van der Waals surface area contributed by atoms with Crippen LogP contribution in [0.1, 0.15) is 52.8 Å². The number of hydrogen-bond acceptors (Lipinski definition) is 2. The van der Waals surface area contributed by atoms with Crippen LogP contribution in [0.2, 0.25) is 0 Å². The van der Waals surface area contributed by atoms with Crippen molar-refractivity contribution >= 4 is 5.91 Å². The molecule has 24 heavy (non-hydrogen) atoms. The molecule has 130 valence electrons. The molecule has 1 aromatic carbocycles. The molecule has 0 radical (unpaired) electrons. The van der Waals surface area contributed by atoms with E-state index in [-0.39, 0.29) is 18.3 Å². The fourth-order valence-corrected chi connectivity index (χ4v) is 2.47. The van der Waals surface area contributed by atoms with Crippen molar-refractivity contribution in [3.05, 3.63) is 52.3 Å². The van der Waals surface area contributed by atoms with Crippen molar-refractivity contribution < 1.29 is 18.0 Å². The van der Waals surface area contributed by atoms with Crippen molar-refractivity contribution in [1.82, 2.24) is 15.1 Å². The van der Waals surface area contributed by atoms with Gasteiger partial charge in [0.25, 0.3) is 5.91 Å². The number of hydrogen-bond donors (Lipinski definition) is 1. The van der Waals surface area contributed by atoms with Crippen LogP contribution < -0.4 is 5.32 Å². The van der Waals surface area contributed by atoms with E-state index in [0.29, 0.717) is 0 Å². The maximum atomic E-state index is 13.2. The first-order valence-electron chi connectivity index (χ1n) is 7.61. The lowest BCUT2D eigenvalue weighted by Crippen LogP contribution is -2.26. The molecule has 0 aliphatic carbocycles. The van der Waals surface area contributed by atoms with Gasteiger partial charge in [0.05, 0.1) is 5.56 Å². The number of alkyl halides is 3. The second-order valence-electron chi connectivity index (χ2n) is 6.01. The highest BCUT2D eigenvalue weighted by atomic mass is 19.4. The van der Waals surface area contributed by atoms with Crippen molar-refractivity contribution in [2.75, 3.05) is 0 Å². The zero-order chi connectivity index (χ0) is 18.1. The number of nitrogens with zero attached hydrogens (tertiary/aromatic N) is 2. The summed E-state index contributed by atoms with van der Waals surface area (Å²) in [4.78, 5) is 12.3. The zero-order valence-electron chi connectivity index (χ0n) is 14.0. The van der Waals surface area contributed by atoms with E-state index in [0.717, 1.165) is 11.1 Å². The molecule has 2 rings (SSSR count). The predicted octanol–water partition coefficient (Wildman–Crippen LogP) is 4.03. The van der Waals surface area contributed by atoms with Gasteiger partial charge in [-0.1, -0.05) is 29.8 Å². The normalized spacial score (nSPS) is 11.8. The number of nitrogens with one attached hydrogen (secondary N) is 1. The Bertz CT molecular complexity index is 731. The highest BCUT2D eigenvalue weighted by Gasteiger charge is 2.40. The van der Waals surface area contributed by atoms with E-state index in [9.17, 15) is 18.0 Å². The van der Waals surface area contributed by atoms with Crippen LogP contribution in [0.4, 0.5) is 13.2 Å². The summed E-state index contributed by atoms with van der Waals surface area (Å²) in [6.07, 6.45) is -4.68. The molecule has 0 spiro atoms. The lowest BCUT2D eigenvalue weighted by Gasteiger charge is -2.09. The average molecular weight is 339 g/mol. The van der Waals surface area contributed by atoms with Crippen molar-refractivity contribution in [1.29, 1.82) is 0 Å². The second kappa shape index (κ2) is 6.67. The molecule has 0 fully saturated rings. The largest absolute Gasteiger partial charge is 0.435 e. The fraction of sp³-hybridized carbons (Fsp3) is 0.412. The number of aryl methyl sites for hydroxylation is 1. The Morgan fingerprint density at radius 2 is 1.79 bits per heavy atom. The molecule has 2 aromatic rings. The topological polar surface area (TPSA) is 46.9 Å². The van der Waals surface area contributed by atoms with Gasteiger partial charge < -0.3 is 5.32 Å². The van der Waals surface area contributed by atoms with Crippen LogP contribution in [0.3, 0.4) is 0 Å². The molecule has 0 saturated heterocycles. The Kier molecular flexibility index (Phi) is 5.01. The van der Waals surface area contributed by atoms with Gasteiger partial charge in [-0.2, -0.15) is 18.3 Å². The number of amides is 1. The number of carbonyl (C=O) groups excluding carboxylic acids is 1. The van der Waals surface area contributed by atoms with Gasteiger partial charge in [-0.05, 0) is 33.3 Å². The third-order valence-corrected chi connectivity index (χ3v) is 3.71. The Labute approximate surface area is 138 Å². The summed E-state index contributed by atoms with van der Waals surface area (Å²) in [5.41, 5.74) is 0.534. The van der Waals surface area contributed by atoms with E-state index in [1.54, 1.807) is 13.8 Å². The minimum absolute atomic E-state index is 0.155. The molecule has 0 bridgehead atoms. The zero-order valence-corrected chi connectivity index (χ0v) is 14.0. The summed E-state index contributed by atoms with van der Waals surface area (Å²) >= 11 is 0. The van der Waals surface area contributed by atoms with Gasteiger partial charge in [0.15, 0.2) is 5.69 Å². The molecule has 1 aromatic heterocycles. The average Bonchev–Trinajstić information content (AvgIpc) is 2.84. The minimum atomic E-state index is -4.68. The van der Waals surface area contributed by atoms with Gasteiger partial charge >= 0.3 is 6.18 Å². The molecular weight excluding hydrogens is 319 g/mol. The summed E-state index contributed by atoms with van der Waals surface area (Å²) in [6.45, 7) is 7.00. The smallest absolute Gasteiger partial charge is 0.348 e. The number of rotatable bonds is 4. The van der Waals surface area contributed by atoms with E-state index in [4.69, 9.17) is 0 Å². The lowest BCUT2D eigenvalue weighted by molar-refractivity contribution is -0.141. The van der Waals surface area contributed by atoms with Gasteiger partial charge in [-0.25, -0.2) is 0 Å². The molecule has 0 unspecified atom stereocenters. The standard InChI is InChI=1S/C17H20F3N3O/c1-10(2)23-12(4)14(15(22-23)17(18,19)20)16(24)21-9-13-7-5-11(3)6-8-13/h5-8,10H,9H2,1-4H3,(H,21,24). The molecule has 0 atom stereocenters. The van der Waals surface area contributed by atoms with E-state index in [2.05, 4.69) is 10.4 Å². The highest BCUT2D eigenvalue weighted by Crippen LogP contribution is 2.33. The number of aromatic nitrogens is 2. The van der Waals surface area contributed by atoms with Gasteiger partial charge in [0.2, 0.25) is 0 Å². The molecule has 7 heteroatoms. The van der Waals surface area contributed by atoms with E-state index >= 15 is 0 Å². The number of benzene rings is 1. The molecule has 0 saturated carbocycles. The van der Waals surface area contributed by atoms with Crippen molar-refractivity contribution in [2.45, 2.75) is 46.5 Å². The number of halogens is 3. The monoisotopic (exact) mass is 339 g/mol. The molecule has 1 amide bonds. The third kappa shape index (κ3) is 3.77. The molecular formula is C17H20F3N3O. The van der Waals surface area contributed by atoms with Gasteiger partial charge in [-0.15, -0.1) is 0 Å². The highest BCUT2D eigenvalue weighted by molar-refractivity contribution is 5.96. The van der Waals surface area contributed by atoms with Crippen LogP contribution in [0.25, 0.3) is 0 Å². The Morgan fingerprint density at radius 1 is 1.21 bits per heavy atom. The Balaban J connectivity index is 2.29. The van der Waals surface area contributed by atoms with Gasteiger partial charge in [0.1, 0.15) is 0 Å². The van der Waals surface area contributed by atoms with Crippen LogP contribution in [0, 0.1) is 13.8 Å². The summed E-state index contributed by atoms with van der Waals surface area (Å²) in [7, 11) is 0. The first kappa shape index (κ1) is 18.0. The SMILES string of the molecule is Cc1ccc(CNC(=O)c2c(C(F)(F)F)nn(C(C)C)c2C)cc1. The summed E-state index contributed by atoms with van der Waals surface area (Å²) in [5.74, 6) is -0.771.